The third kappa shape index (κ3) is 9.02. The van der Waals surface area contributed by atoms with Crippen molar-refractivity contribution in [3.8, 4) is 5.75 Å². The van der Waals surface area contributed by atoms with Crippen LogP contribution in [0.15, 0.2) is 84.9 Å². The fraction of sp³-hybridized carbons (Fsp3) is 0.281. The number of anilines is 1. The highest BCUT2D eigenvalue weighted by molar-refractivity contribution is 6.42. The first-order chi connectivity index (χ1) is 20.1. The molecule has 0 fully saturated rings. The molecule has 220 valence electrons. The lowest BCUT2D eigenvalue weighted by Gasteiger charge is -2.25. The first kappa shape index (κ1) is 31.5. The summed E-state index contributed by atoms with van der Waals surface area (Å²) in [5, 5.41) is 10.5. The molecular formula is C32H36N4O6. The molecule has 0 heterocycles. The first-order valence-corrected chi connectivity index (χ1v) is 13.6. The van der Waals surface area contributed by atoms with Gasteiger partial charge in [0.15, 0.2) is 0 Å². The van der Waals surface area contributed by atoms with Crippen LogP contribution in [-0.4, -0.2) is 54.6 Å². The molecule has 0 saturated carbocycles. The minimum Gasteiger partial charge on any atom is -0.497 e. The second kappa shape index (κ2) is 15.1. The number of ketones is 1. The van der Waals surface area contributed by atoms with E-state index in [0.717, 1.165) is 5.56 Å². The molecule has 0 aromatic heterocycles. The molecular weight excluding hydrogens is 536 g/mol. The molecule has 0 aliphatic carbocycles. The quantitative estimate of drug-likeness (QED) is 0.232. The Balaban J connectivity index is 1.66. The Bertz CT molecular complexity index is 1380. The van der Waals surface area contributed by atoms with Crippen molar-refractivity contribution in [2.75, 3.05) is 12.4 Å². The Labute approximate surface area is 245 Å². The molecule has 3 atom stereocenters. The van der Waals surface area contributed by atoms with Gasteiger partial charge in [0.05, 0.1) is 13.2 Å². The van der Waals surface area contributed by atoms with Crippen LogP contribution in [0.3, 0.4) is 0 Å². The van der Waals surface area contributed by atoms with E-state index in [0.29, 0.717) is 17.0 Å². The highest BCUT2D eigenvalue weighted by Gasteiger charge is 2.32. The Hall–Kier alpha value is -4.99. The number of Topliss-reactive ketones (excluding diaryl/α,β-unsaturated/α-hetero) is 1. The zero-order valence-electron chi connectivity index (χ0n) is 24.0. The van der Waals surface area contributed by atoms with Crippen LogP contribution in [-0.2, 0) is 25.6 Å². The SMILES string of the molecule is COc1ccc(NC(=O)C(=O)[C@@H](NC(=O)[C@H](C)NC(=O)[C@H](Cc2ccccc2)NC(=O)c2ccccc2)C(C)C)cc1. The topological polar surface area (TPSA) is 143 Å². The molecule has 10 nitrogen and oxygen atoms in total. The fourth-order valence-electron chi connectivity index (χ4n) is 4.09. The van der Waals surface area contributed by atoms with Gasteiger partial charge in [-0.2, -0.15) is 0 Å². The Kier molecular flexibility index (Phi) is 11.4. The zero-order chi connectivity index (χ0) is 30.6. The molecule has 3 rings (SSSR count). The summed E-state index contributed by atoms with van der Waals surface area (Å²) in [4.78, 5) is 64.8. The number of carbonyl (C=O) groups is 5. The van der Waals surface area contributed by atoms with Crippen LogP contribution in [0.25, 0.3) is 0 Å². The van der Waals surface area contributed by atoms with Crippen molar-refractivity contribution in [2.24, 2.45) is 5.92 Å². The number of amides is 4. The van der Waals surface area contributed by atoms with Crippen molar-refractivity contribution >= 4 is 35.1 Å². The molecule has 0 bridgehead atoms. The molecule has 0 aliphatic heterocycles. The van der Waals surface area contributed by atoms with Gasteiger partial charge in [-0.15, -0.1) is 0 Å². The number of ether oxygens (including phenoxy) is 1. The second-order valence-electron chi connectivity index (χ2n) is 10.1. The minimum atomic E-state index is -1.13. The zero-order valence-corrected chi connectivity index (χ0v) is 24.0. The predicted molar refractivity (Wildman–Crippen MR) is 159 cm³/mol. The smallest absolute Gasteiger partial charge is 0.293 e. The van der Waals surface area contributed by atoms with Gasteiger partial charge < -0.3 is 26.0 Å². The van der Waals surface area contributed by atoms with E-state index >= 15 is 0 Å². The van der Waals surface area contributed by atoms with Crippen LogP contribution in [0.4, 0.5) is 5.69 Å². The summed E-state index contributed by atoms with van der Waals surface area (Å²) in [6.07, 6.45) is 0.193. The van der Waals surface area contributed by atoms with E-state index in [4.69, 9.17) is 4.74 Å². The van der Waals surface area contributed by atoms with E-state index < -0.39 is 53.5 Å². The number of carbonyl (C=O) groups excluding carboxylic acids is 5. The first-order valence-electron chi connectivity index (χ1n) is 13.6. The van der Waals surface area contributed by atoms with Crippen molar-refractivity contribution < 1.29 is 28.7 Å². The van der Waals surface area contributed by atoms with Gasteiger partial charge in [-0.05, 0) is 54.8 Å². The third-order valence-electron chi connectivity index (χ3n) is 6.51. The van der Waals surface area contributed by atoms with Gasteiger partial charge >= 0.3 is 0 Å². The van der Waals surface area contributed by atoms with E-state index in [1.54, 1.807) is 68.4 Å². The molecule has 4 N–H and O–H groups in total. The summed E-state index contributed by atoms with van der Waals surface area (Å²) in [6, 6.07) is 20.9. The van der Waals surface area contributed by atoms with Gasteiger partial charge in [0.1, 0.15) is 17.8 Å². The largest absolute Gasteiger partial charge is 0.497 e. The molecule has 0 unspecified atom stereocenters. The van der Waals surface area contributed by atoms with Gasteiger partial charge in [0.2, 0.25) is 17.6 Å². The minimum absolute atomic E-state index is 0.193. The van der Waals surface area contributed by atoms with Crippen molar-refractivity contribution in [3.05, 3.63) is 96.1 Å². The van der Waals surface area contributed by atoms with Gasteiger partial charge in [-0.25, -0.2) is 0 Å². The van der Waals surface area contributed by atoms with E-state index in [2.05, 4.69) is 21.3 Å². The standard InChI is InChI=1S/C32H36N4O6/c1-20(2)27(28(37)32(41)34-24-15-17-25(42-4)18-16-24)36-29(38)21(3)33-31(40)26(19-22-11-7-5-8-12-22)35-30(39)23-13-9-6-10-14-23/h5-18,20-21,26-27H,19H2,1-4H3,(H,33,40)(H,34,41)(H,35,39)(H,36,38)/t21-,26-,27-/m0/s1. The van der Waals surface area contributed by atoms with Crippen molar-refractivity contribution in [1.82, 2.24) is 16.0 Å². The number of rotatable bonds is 13. The molecule has 0 spiro atoms. The monoisotopic (exact) mass is 572 g/mol. The highest BCUT2D eigenvalue weighted by atomic mass is 16.5. The summed E-state index contributed by atoms with van der Waals surface area (Å²) < 4.78 is 5.09. The lowest BCUT2D eigenvalue weighted by molar-refractivity contribution is -0.138. The summed E-state index contributed by atoms with van der Waals surface area (Å²) in [6.45, 7) is 4.86. The molecule has 42 heavy (non-hydrogen) atoms. The van der Waals surface area contributed by atoms with Crippen LogP contribution in [0.5, 0.6) is 5.75 Å². The molecule has 0 radical (unpaired) electrons. The van der Waals surface area contributed by atoms with Crippen LogP contribution < -0.4 is 26.0 Å². The summed E-state index contributed by atoms with van der Waals surface area (Å²) in [7, 11) is 1.51. The maximum atomic E-state index is 13.3. The van der Waals surface area contributed by atoms with Crippen LogP contribution in [0.2, 0.25) is 0 Å². The molecule has 0 aliphatic rings. The Morgan fingerprint density at radius 1 is 0.714 bits per heavy atom. The van der Waals surface area contributed by atoms with Gasteiger partial charge in [0, 0.05) is 17.7 Å². The number of hydrogen-bond acceptors (Lipinski definition) is 6. The lowest BCUT2D eigenvalue weighted by atomic mass is 9.98. The normalized spacial score (nSPS) is 12.8. The third-order valence-corrected chi connectivity index (χ3v) is 6.51. The predicted octanol–water partition coefficient (Wildman–Crippen LogP) is 2.89. The maximum absolute atomic E-state index is 13.3. The van der Waals surface area contributed by atoms with Crippen LogP contribution >= 0.6 is 0 Å². The fourth-order valence-corrected chi connectivity index (χ4v) is 4.09. The van der Waals surface area contributed by atoms with Crippen molar-refractivity contribution in [1.29, 1.82) is 0 Å². The molecule has 3 aromatic rings. The maximum Gasteiger partial charge on any atom is 0.293 e. The summed E-state index contributed by atoms with van der Waals surface area (Å²) in [5.74, 6) is -3.20. The Morgan fingerprint density at radius 3 is 1.88 bits per heavy atom. The highest BCUT2D eigenvalue weighted by Crippen LogP contribution is 2.15. The van der Waals surface area contributed by atoms with E-state index in [1.165, 1.54) is 14.0 Å². The average Bonchev–Trinajstić information content (AvgIpc) is 3.00. The van der Waals surface area contributed by atoms with Crippen LogP contribution in [0.1, 0.15) is 36.7 Å². The lowest BCUT2D eigenvalue weighted by Crippen LogP contribution is -2.56. The van der Waals surface area contributed by atoms with Gasteiger partial charge in [0.25, 0.3) is 11.8 Å². The van der Waals surface area contributed by atoms with Crippen molar-refractivity contribution in [2.45, 2.75) is 45.3 Å². The number of benzene rings is 3. The van der Waals surface area contributed by atoms with Gasteiger partial charge in [-0.1, -0.05) is 62.4 Å². The molecule has 3 aromatic carbocycles. The van der Waals surface area contributed by atoms with E-state index in [-0.39, 0.29) is 6.42 Å². The second-order valence-corrected chi connectivity index (χ2v) is 10.1. The molecule has 0 saturated heterocycles. The molecule has 4 amide bonds. The Morgan fingerprint density at radius 2 is 1.31 bits per heavy atom. The van der Waals surface area contributed by atoms with E-state index in [1.807, 2.05) is 30.3 Å². The van der Waals surface area contributed by atoms with Gasteiger partial charge in [-0.3, -0.25) is 24.0 Å². The van der Waals surface area contributed by atoms with Crippen molar-refractivity contribution in [3.63, 3.8) is 0 Å². The number of nitrogens with one attached hydrogen (secondary N) is 4. The van der Waals surface area contributed by atoms with E-state index in [9.17, 15) is 24.0 Å². The summed E-state index contributed by atoms with van der Waals surface area (Å²) in [5.41, 5.74) is 1.60. The molecule has 10 heteroatoms. The number of hydrogen-bond donors (Lipinski definition) is 4. The van der Waals surface area contributed by atoms with Crippen LogP contribution in [0, 0.1) is 5.92 Å². The summed E-state index contributed by atoms with van der Waals surface area (Å²) >= 11 is 0. The average molecular weight is 573 g/mol. The number of methoxy groups -OCH3 is 1.